The summed E-state index contributed by atoms with van der Waals surface area (Å²) in [7, 11) is 0. The molecule has 0 saturated heterocycles. The van der Waals surface area contributed by atoms with Crippen LogP contribution >= 0.6 is 0 Å². The van der Waals surface area contributed by atoms with E-state index in [0.29, 0.717) is 32.5 Å². The van der Waals surface area contributed by atoms with E-state index in [1.165, 1.54) is 16.7 Å². The van der Waals surface area contributed by atoms with Gasteiger partial charge in [0.15, 0.2) is 0 Å². The van der Waals surface area contributed by atoms with Gasteiger partial charge in [0.1, 0.15) is 0 Å². The van der Waals surface area contributed by atoms with Gasteiger partial charge >= 0.3 is 18.6 Å². The molecule has 0 aromatic heterocycles. The van der Waals surface area contributed by atoms with Crippen molar-refractivity contribution >= 4 is 0 Å². The maximum atomic E-state index is 3.21. The molecule has 0 saturated carbocycles. The minimum absolute atomic E-state index is 0. The van der Waals surface area contributed by atoms with Crippen molar-refractivity contribution in [1.82, 2.24) is 0 Å². The molecule has 0 nitrogen and oxygen atoms in total. The summed E-state index contributed by atoms with van der Waals surface area (Å²) >= 11 is 0. The Morgan fingerprint density at radius 2 is 0.750 bits per heavy atom. The van der Waals surface area contributed by atoms with Crippen LogP contribution in [0.15, 0.2) is 16.7 Å². The quantitative estimate of drug-likeness (QED) is 0.152. The van der Waals surface area contributed by atoms with E-state index in [2.05, 4.69) is 205 Å². The first-order valence-corrected chi connectivity index (χ1v) is 18.1. The Bertz CT molecular complexity index is 883. The molecule has 0 atom stereocenters. The Kier molecular flexibility index (Phi) is 31.3. The second kappa shape index (κ2) is 24.0. The summed E-state index contributed by atoms with van der Waals surface area (Å²) in [6.07, 6.45) is 5.12. The Morgan fingerprint density at radius 1 is 0.521 bits per heavy atom. The summed E-state index contributed by atoms with van der Waals surface area (Å²) in [5.74, 6) is 7.15. The zero-order chi connectivity index (χ0) is 39.1. The topological polar surface area (TPSA) is 0 Å². The van der Waals surface area contributed by atoms with Gasteiger partial charge in [-0.15, -0.1) is 0 Å². The fourth-order valence-corrected chi connectivity index (χ4v) is 3.56. The SMILES string of the molecule is C.CC(=C(C)C(C)(C)C)C(C)(C)C.CC(C)(C)C#CC(C)(C)C.CC(C)C(C)(C)C(C)(C)C(C)(C)C.C[C-]=C(C)C(C)(C)C.C[CH-]C.[V+2]. The van der Waals surface area contributed by atoms with E-state index in [1.807, 2.05) is 27.2 Å². The van der Waals surface area contributed by atoms with Crippen molar-refractivity contribution in [2.45, 2.75) is 215 Å². The van der Waals surface area contributed by atoms with Crippen LogP contribution in [-0.4, -0.2) is 0 Å². The molecule has 0 aliphatic rings. The van der Waals surface area contributed by atoms with Crippen LogP contribution < -0.4 is 0 Å². The molecule has 48 heavy (non-hydrogen) atoms. The Hall–Kier alpha value is -0.376. The summed E-state index contributed by atoms with van der Waals surface area (Å²) in [5.41, 5.74) is 6.71. The van der Waals surface area contributed by atoms with Crippen molar-refractivity contribution in [2.24, 2.45) is 49.2 Å². The molecule has 1 radical (unpaired) electrons. The molecule has 0 bridgehead atoms. The molecule has 0 amide bonds. The van der Waals surface area contributed by atoms with Crippen molar-refractivity contribution in [3.05, 3.63) is 29.2 Å². The van der Waals surface area contributed by atoms with Gasteiger partial charge in [0.05, 0.1) is 0 Å². The van der Waals surface area contributed by atoms with Crippen LogP contribution in [0.25, 0.3) is 0 Å². The average molecular weight is 712 g/mol. The zero-order valence-corrected chi connectivity index (χ0v) is 40.0. The molecule has 0 heterocycles. The fraction of sp³-hybridized carbons (Fsp3) is 0.851. The molecular weight excluding hydrogens is 615 g/mol. The number of rotatable bonds is 2. The summed E-state index contributed by atoms with van der Waals surface area (Å²) in [5, 5.41) is 0. The predicted octanol–water partition coefficient (Wildman–Crippen LogP) is 16.9. The number of hydrogen-bond donors (Lipinski definition) is 0. The van der Waals surface area contributed by atoms with Crippen LogP contribution in [0.1, 0.15) is 215 Å². The van der Waals surface area contributed by atoms with Crippen molar-refractivity contribution in [3.63, 3.8) is 0 Å². The summed E-state index contributed by atoms with van der Waals surface area (Å²) < 4.78 is 0. The van der Waals surface area contributed by atoms with Crippen LogP contribution in [-0.2, 0) is 18.6 Å². The van der Waals surface area contributed by atoms with Crippen molar-refractivity contribution < 1.29 is 18.6 Å². The third-order valence-corrected chi connectivity index (χ3v) is 10.1. The monoisotopic (exact) mass is 712 g/mol. The standard InChI is InChI=1S/C13H28.C12H24.C10H18.C8H15.C3H7.CH4.V/c1-10(2)12(6,7)13(8,9)11(3,4)5;1-9(11(3,4)5)10(2)12(6,7)8;1-9(2,3)7-8-10(4,5)6;1-6-7(2)8(3,4)5;1-3-2;;/h10H,1-9H3;1-8H3;1-6H3;1-5H3;3H,1-2H3;1H4;/q;;;2*-1;;+2. The minimum atomic E-state index is 0. The first-order chi connectivity index (χ1) is 19.6. The molecule has 0 aliphatic heterocycles. The van der Waals surface area contributed by atoms with Gasteiger partial charge in [-0.25, -0.2) is 0 Å². The summed E-state index contributed by atoms with van der Waals surface area (Å²) in [4.78, 5) is 0. The first-order valence-electron chi connectivity index (χ1n) is 18.1. The van der Waals surface area contributed by atoms with Crippen LogP contribution in [0, 0.1) is 73.6 Å². The van der Waals surface area contributed by atoms with Gasteiger partial charge in [0, 0.05) is 10.8 Å². The van der Waals surface area contributed by atoms with E-state index in [4.69, 9.17) is 0 Å². The Labute approximate surface area is 322 Å². The van der Waals surface area contributed by atoms with Crippen LogP contribution in [0.2, 0.25) is 0 Å². The second-order valence-corrected chi connectivity index (χ2v) is 21.0. The molecule has 0 aromatic carbocycles. The van der Waals surface area contributed by atoms with Gasteiger partial charge in [-0.3, -0.25) is 5.57 Å². The van der Waals surface area contributed by atoms with E-state index in [-0.39, 0.29) is 36.8 Å². The van der Waals surface area contributed by atoms with E-state index < -0.39 is 0 Å². The molecule has 0 aliphatic carbocycles. The minimum Gasteiger partial charge on any atom is -0.500 e. The Morgan fingerprint density at radius 3 is 0.812 bits per heavy atom. The van der Waals surface area contributed by atoms with E-state index in [0.717, 1.165) is 5.92 Å². The van der Waals surface area contributed by atoms with Gasteiger partial charge in [0.2, 0.25) is 0 Å². The van der Waals surface area contributed by atoms with E-state index in [1.54, 1.807) is 0 Å². The molecule has 0 N–H and O–H groups in total. The van der Waals surface area contributed by atoms with Crippen LogP contribution in [0.3, 0.4) is 0 Å². The third kappa shape index (κ3) is 30.4. The summed E-state index contributed by atoms with van der Waals surface area (Å²) in [6, 6.07) is 0. The van der Waals surface area contributed by atoms with Gasteiger partial charge in [0.25, 0.3) is 0 Å². The van der Waals surface area contributed by atoms with E-state index >= 15 is 0 Å². The molecule has 0 unspecified atom stereocenters. The smallest absolute Gasteiger partial charge is 0.500 e. The maximum absolute atomic E-state index is 3.21. The largest absolute Gasteiger partial charge is 2.00 e. The normalized spacial score (nSPS) is 13.4. The second-order valence-electron chi connectivity index (χ2n) is 21.0. The maximum Gasteiger partial charge on any atom is 2.00 e. The molecule has 1 heteroatoms. The number of hydrogen-bond acceptors (Lipinski definition) is 0. The van der Waals surface area contributed by atoms with Gasteiger partial charge in [-0.05, 0) is 93.8 Å². The van der Waals surface area contributed by atoms with Crippen LogP contribution in [0.4, 0.5) is 0 Å². The predicted molar refractivity (Wildman–Crippen MR) is 226 cm³/mol. The molecule has 0 aromatic rings. The molecule has 0 rings (SSSR count). The van der Waals surface area contributed by atoms with Gasteiger partial charge in [-0.2, -0.15) is 20.8 Å². The van der Waals surface area contributed by atoms with Gasteiger partial charge in [-0.1, -0.05) is 162 Å². The average Bonchev–Trinajstić information content (AvgIpc) is 2.79. The molecular formula is C47H96V. The number of allylic oxidation sites excluding steroid dienone is 4. The van der Waals surface area contributed by atoms with Crippen molar-refractivity contribution in [1.29, 1.82) is 0 Å². The zero-order valence-electron chi connectivity index (χ0n) is 38.6. The van der Waals surface area contributed by atoms with Crippen LogP contribution in [0.5, 0.6) is 0 Å². The Balaban J connectivity index is -0.0000000906. The summed E-state index contributed by atoms with van der Waals surface area (Å²) in [6.45, 7) is 66.8. The van der Waals surface area contributed by atoms with E-state index in [9.17, 15) is 0 Å². The fourth-order valence-electron chi connectivity index (χ4n) is 3.56. The molecule has 0 spiro atoms. The molecule has 0 fully saturated rings. The van der Waals surface area contributed by atoms with Crippen molar-refractivity contribution in [2.75, 3.05) is 0 Å². The molecule has 289 valence electrons. The van der Waals surface area contributed by atoms with Crippen molar-refractivity contribution in [3.8, 4) is 11.8 Å². The first kappa shape index (κ1) is 62.7. The van der Waals surface area contributed by atoms with Gasteiger partial charge < -0.3 is 12.5 Å². The third-order valence-electron chi connectivity index (χ3n) is 10.1.